The standard InChI is InChI=1S/C30H30Cl2FN7O3/c1-3-27(41)35-26-11-18(39-6-8-40(9-7-39)19-15-42-16-19)10-24(33)29(26)36-30-21-12-20(4-5-25(21)37-38-30)43-17(2)28-22(31)13-34-14-23(28)32/h3-5,10-14,17,19H,1,6-9,15-16H2,2H3,(H,35,41)(H2,36,37,38). The summed E-state index contributed by atoms with van der Waals surface area (Å²) < 4.78 is 27.3. The van der Waals surface area contributed by atoms with Crippen molar-refractivity contribution < 1.29 is 18.7 Å². The van der Waals surface area contributed by atoms with Crippen molar-refractivity contribution in [1.82, 2.24) is 20.1 Å². The second kappa shape index (κ2) is 12.4. The second-order valence-electron chi connectivity index (χ2n) is 10.4. The molecule has 13 heteroatoms. The number of nitrogens with one attached hydrogen (secondary N) is 3. The van der Waals surface area contributed by atoms with E-state index in [1.807, 2.05) is 6.92 Å². The highest BCUT2D eigenvalue weighted by Crippen LogP contribution is 2.37. The van der Waals surface area contributed by atoms with E-state index in [1.165, 1.54) is 18.5 Å². The summed E-state index contributed by atoms with van der Waals surface area (Å²) in [6.07, 6.45) is 3.69. The number of amides is 1. The number of nitrogens with zero attached hydrogens (tertiary/aromatic N) is 4. The first-order chi connectivity index (χ1) is 20.8. The number of rotatable bonds is 9. The van der Waals surface area contributed by atoms with Gasteiger partial charge in [-0.1, -0.05) is 29.8 Å². The minimum absolute atomic E-state index is 0.0765. The lowest BCUT2D eigenvalue weighted by molar-refractivity contribution is -0.111. The van der Waals surface area contributed by atoms with Gasteiger partial charge >= 0.3 is 0 Å². The topological polar surface area (TPSA) is 108 Å². The van der Waals surface area contributed by atoms with Crippen molar-refractivity contribution in [3.05, 3.63) is 76.8 Å². The van der Waals surface area contributed by atoms with Gasteiger partial charge in [0.2, 0.25) is 5.91 Å². The summed E-state index contributed by atoms with van der Waals surface area (Å²) in [4.78, 5) is 20.8. The molecule has 0 saturated carbocycles. The highest BCUT2D eigenvalue weighted by molar-refractivity contribution is 6.35. The van der Waals surface area contributed by atoms with E-state index >= 15 is 4.39 Å². The van der Waals surface area contributed by atoms with E-state index in [9.17, 15) is 4.79 Å². The molecule has 1 atom stereocenters. The largest absolute Gasteiger partial charge is 0.486 e. The smallest absolute Gasteiger partial charge is 0.247 e. The fourth-order valence-corrected chi connectivity index (χ4v) is 5.99. The summed E-state index contributed by atoms with van der Waals surface area (Å²) in [6, 6.07) is 9.06. The van der Waals surface area contributed by atoms with E-state index in [2.05, 4.69) is 42.2 Å². The number of aromatic amines is 1. The van der Waals surface area contributed by atoms with E-state index in [4.69, 9.17) is 32.7 Å². The summed E-state index contributed by atoms with van der Waals surface area (Å²) in [7, 11) is 0. The summed E-state index contributed by atoms with van der Waals surface area (Å²) in [5.74, 6) is -0.118. The Morgan fingerprint density at radius 1 is 1.19 bits per heavy atom. The van der Waals surface area contributed by atoms with Crippen molar-refractivity contribution in [3.8, 4) is 5.75 Å². The molecule has 2 aromatic heterocycles. The van der Waals surface area contributed by atoms with Gasteiger partial charge in [0, 0.05) is 55.2 Å². The van der Waals surface area contributed by atoms with Crippen LogP contribution in [-0.4, -0.2) is 71.4 Å². The van der Waals surface area contributed by atoms with Crippen molar-refractivity contribution >= 4 is 62.9 Å². The van der Waals surface area contributed by atoms with Crippen LogP contribution < -0.4 is 20.3 Å². The molecule has 0 radical (unpaired) electrons. The molecule has 43 heavy (non-hydrogen) atoms. The number of halogens is 3. The minimum atomic E-state index is -0.536. The summed E-state index contributed by atoms with van der Waals surface area (Å²) in [6.45, 7) is 10.1. The Balaban J connectivity index is 1.26. The Bertz CT molecular complexity index is 1650. The number of carbonyl (C=O) groups is 1. The lowest BCUT2D eigenvalue weighted by atomic mass is 10.1. The average molecular weight is 627 g/mol. The van der Waals surface area contributed by atoms with Crippen LogP contribution in [0.4, 0.5) is 27.3 Å². The maximum atomic E-state index is 15.8. The molecular formula is C30H30Cl2FN7O3. The van der Waals surface area contributed by atoms with E-state index in [0.29, 0.717) is 49.8 Å². The Kier molecular flexibility index (Phi) is 8.40. The van der Waals surface area contributed by atoms with Gasteiger partial charge < -0.3 is 25.0 Å². The lowest BCUT2D eigenvalue weighted by Gasteiger charge is -2.43. The molecule has 0 aliphatic carbocycles. The van der Waals surface area contributed by atoms with Gasteiger partial charge in [-0.2, -0.15) is 5.10 Å². The Morgan fingerprint density at radius 2 is 1.93 bits per heavy atom. The Hall–Kier alpha value is -3.90. The first kappa shape index (κ1) is 29.2. The first-order valence-electron chi connectivity index (χ1n) is 13.8. The molecule has 2 saturated heterocycles. The van der Waals surface area contributed by atoms with Gasteiger partial charge in [0.05, 0.1) is 40.5 Å². The quantitative estimate of drug-likeness (QED) is 0.196. The number of carbonyl (C=O) groups excluding carboxylic acids is 1. The zero-order chi connectivity index (χ0) is 30.1. The molecule has 2 aliphatic rings. The molecule has 0 bridgehead atoms. The van der Waals surface area contributed by atoms with Crippen LogP contribution in [0.25, 0.3) is 10.9 Å². The zero-order valence-electron chi connectivity index (χ0n) is 23.4. The number of pyridine rings is 1. The Morgan fingerprint density at radius 3 is 2.60 bits per heavy atom. The lowest BCUT2D eigenvalue weighted by Crippen LogP contribution is -2.56. The number of H-pyrrole nitrogens is 1. The van der Waals surface area contributed by atoms with Gasteiger partial charge in [-0.25, -0.2) is 4.39 Å². The zero-order valence-corrected chi connectivity index (χ0v) is 24.9. The number of fused-ring (bicyclic) bond motifs is 1. The molecule has 10 nitrogen and oxygen atoms in total. The molecular weight excluding hydrogens is 596 g/mol. The first-order valence-corrected chi connectivity index (χ1v) is 14.6. The molecule has 0 spiro atoms. The van der Waals surface area contributed by atoms with Crippen LogP contribution in [0.2, 0.25) is 10.0 Å². The molecule has 3 N–H and O–H groups in total. The van der Waals surface area contributed by atoms with Gasteiger partial charge in [-0.3, -0.25) is 19.8 Å². The number of hydrogen-bond acceptors (Lipinski definition) is 8. The average Bonchev–Trinajstić information content (AvgIpc) is 3.36. The fraction of sp³-hybridized carbons (Fsp3) is 0.300. The second-order valence-corrected chi connectivity index (χ2v) is 11.3. The maximum Gasteiger partial charge on any atom is 0.247 e. The predicted octanol–water partition coefficient (Wildman–Crippen LogP) is 5.93. The van der Waals surface area contributed by atoms with Gasteiger partial charge in [0.15, 0.2) is 11.6 Å². The SMILES string of the molecule is C=CC(=O)Nc1cc(N2CCN(C3COC3)CC2)cc(F)c1Nc1n[nH]c2ccc(OC(C)c3c(Cl)cncc3Cl)cc12. The van der Waals surface area contributed by atoms with E-state index in [0.717, 1.165) is 45.5 Å². The van der Waals surface area contributed by atoms with Crippen molar-refractivity contribution in [2.75, 3.05) is 54.9 Å². The van der Waals surface area contributed by atoms with Crippen LogP contribution in [0.5, 0.6) is 5.75 Å². The van der Waals surface area contributed by atoms with E-state index in [-0.39, 0.29) is 11.4 Å². The molecule has 4 heterocycles. The van der Waals surface area contributed by atoms with Crippen LogP contribution in [0.15, 0.2) is 55.4 Å². The van der Waals surface area contributed by atoms with Crippen molar-refractivity contribution in [2.24, 2.45) is 0 Å². The number of ether oxygens (including phenoxy) is 2. The predicted molar refractivity (Wildman–Crippen MR) is 166 cm³/mol. The normalized spacial score (nSPS) is 16.5. The molecule has 2 fully saturated rings. The number of hydrogen-bond donors (Lipinski definition) is 3. The molecule has 224 valence electrons. The van der Waals surface area contributed by atoms with E-state index in [1.54, 1.807) is 24.3 Å². The molecule has 1 unspecified atom stereocenters. The third kappa shape index (κ3) is 6.12. The molecule has 4 aromatic rings. The van der Waals surface area contributed by atoms with Crippen molar-refractivity contribution in [2.45, 2.75) is 19.1 Å². The van der Waals surface area contributed by atoms with Crippen LogP contribution in [0.1, 0.15) is 18.6 Å². The maximum absolute atomic E-state index is 15.8. The molecule has 1 amide bonds. The van der Waals surface area contributed by atoms with Gasteiger partial charge in [0.1, 0.15) is 17.5 Å². The van der Waals surface area contributed by atoms with Crippen LogP contribution in [0, 0.1) is 5.82 Å². The highest BCUT2D eigenvalue weighted by Gasteiger charge is 2.29. The summed E-state index contributed by atoms with van der Waals surface area (Å²) >= 11 is 12.6. The van der Waals surface area contributed by atoms with Gasteiger partial charge in [-0.15, -0.1) is 0 Å². The molecule has 2 aliphatic heterocycles. The molecule has 2 aromatic carbocycles. The van der Waals surface area contributed by atoms with Crippen LogP contribution in [-0.2, 0) is 9.53 Å². The number of benzene rings is 2. The minimum Gasteiger partial charge on any atom is -0.486 e. The van der Waals surface area contributed by atoms with E-state index < -0.39 is 17.8 Å². The third-order valence-corrected chi connectivity index (χ3v) is 8.32. The number of anilines is 4. The number of piperazine rings is 1. The van der Waals surface area contributed by atoms with Crippen molar-refractivity contribution in [3.63, 3.8) is 0 Å². The Labute approximate surface area is 257 Å². The van der Waals surface area contributed by atoms with Crippen LogP contribution >= 0.6 is 23.2 Å². The third-order valence-electron chi connectivity index (χ3n) is 7.72. The van der Waals surface area contributed by atoms with Crippen LogP contribution in [0.3, 0.4) is 0 Å². The highest BCUT2D eigenvalue weighted by atomic mass is 35.5. The molecule has 6 rings (SSSR count). The number of aromatic nitrogens is 3. The van der Waals surface area contributed by atoms with Gasteiger partial charge in [0.25, 0.3) is 0 Å². The van der Waals surface area contributed by atoms with Gasteiger partial charge in [-0.05, 0) is 43.3 Å². The monoisotopic (exact) mass is 625 g/mol. The summed E-state index contributed by atoms with van der Waals surface area (Å²) in [5, 5.41) is 14.6. The fourth-order valence-electron chi connectivity index (χ4n) is 5.32. The summed E-state index contributed by atoms with van der Waals surface area (Å²) in [5.41, 5.74) is 2.34. The van der Waals surface area contributed by atoms with Crippen molar-refractivity contribution in [1.29, 1.82) is 0 Å².